The van der Waals surface area contributed by atoms with Crippen LogP contribution >= 0.6 is 0 Å². The van der Waals surface area contributed by atoms with E-state index in [2.05, 4.69) is 18.4 Å². The highest BCUT2D eigenvalue weighted by Gasteiger charge is 2.22. The van der Waals surface area contributed by atoms with Crippen LogP contribution in [-0.2, 0) is 9.53 Å². The minimum atomic E-state index is -0.0124. The molecule has 117 valence electrons. The van der Waals surface area contributed by atoms with Gasteiger partial charge in [-0.05, 0) is 13.5 Å². The molecule has 1 saturated heterocycles. The fraction of sp³-hybridized carbons (Fsp3) is 0.882. The van der Waals surface area contributed by atoms with Crippen molar-refractivity contribution in [1.82, 2.24) is 4.90 Å². The second-order valence-corrected chi connectivity index (χ2v) is 6.05. The first-order chi connectivity index (χ1) is 9.72. The Kier molecular flexibility index (Phi) is 9.73. The van der Waals surface area contributed by atoms with Crippen LogP contribution in [0, 0.1) is 6.54 Å². The van der Waals surface area contributed by atoms with Crippen molar-refractivity contribution >= 4 is 5.97 Å². The molecule has 1 rings (SSSR count). The summed E-state index contributed by atoms with van der Waals surface area (Å²) in [6.45, 7) is 5.20. The van der Waals surface area contributed by atoms with Crippen LogP contribution in [-0.4, -0.2) is 30.6 Å². The minimum absolute atomic E-state index is 0.0124. The van der Waals surface area contributed by atoms with E-state index in [0.717, 1.165) is 19.4 Å². The highest BCUT2D eigenvalue weighted by Crippen LogP contribution is 2.16. The lowest BCUT2D eigenvalue weighted by molar-refractivity contribution is -0.148. The average Bonchev–Trinajstić information content (AvgIpc) is 2.82. The summed E-state index contributed by atoms with van der Waals surface area (Å²) >= 11 is 0. The number of likely N-dealkylation sites (tertiary alicyclic amines) is 1. The number of rotatable bonds is 11. The summed E-state index contributed by atoms with van der Waals surface area (Å²) < 4.78 is 5.44. The van der Waals surface area contributed by atoms with Crippen molar-refractivity contribution in [3.05, 3.63) is 6.54 Å². The summed E-state index contributed by atoms with van der Waals surface area (Å²) in [4.78, 5) is 13.8. The topological polar surface area (TPSA) is 29.5 Å². The van der Waals surface area contributed by atoms with E-state index in [1.165, 1.54) is 51.4 Å². The second-order valence-electron chi connectivity index (χ2n) is 6.05. The number of esters is 1. The van der Waals surface area contributed by atoms with Gasteiger partial charge in [-0.1, -0.05) is 58.3 Å². The number of likely N-dealkylation sites (N-methyl/N-ethyl adjacent to an activating group) is 1. The Hall–Kier alpha value is -0.570. The van der Waals surface area contributed by atoms with E-state index in [1.807, 2.05) is 7.05 Å². The zero-order valence-corrected chi connectivity index (χ0v) is 13.4. The molecule has 0 aromatic rings. The summed E-state index contributed by atoms with van der Waals surface area (Å²) in [5.74, 6) is -0.0124. The maximum Gasteiger partial charge on any atom is 0.306 e. The molecule has 0 saturated carbocycles. The van der Waals surface area contributed by atoms with Crippen LogP contribution in [0.15, 0.2) is 0 Å². The van der Waals surface area contributed by atoms with E-state index >= 15 is 0 Å². The molecule has 0 aromatic carbocycles. The fourth-order valence-electron chi connectivity index (χ4n) is 2.68. The maximum atomic E-state index is 11.7. The van der Waals surface area contributed by atoms with Crippen molar-refractivity contribution in [2.75, 3.05) is 13.6 Å². The molecule has 0 bridgehead atoms. The molecule has 0 aromatic heterocycles. The van der Waals surface area contributed by atoms with Gasteiger partial charge in [0.2, 0.25) is 0 Å². The Morgan fingerprint density at radius 3 is 2.25 bits per heavy atom. The Morgan fingerprint density at radius 2 is 1.70 bits per heavy atom. The zero-order valence-electron chi connectivity index (χ0n) is 13.4. The largest absolute Gasteiger partial charge is 0.461 e. The number of hydrogen-bond acceptors (Lipinski definition) is 3. The number of unbranched alkanes of at least 4 members (excludes halogenated alkanes) is 8. The molecular formula is C17H32NO2. The number of nitrogens with zero attached hydrogens (tertiary/aromatic N) is 1. The van der Waals surface area contributed by atoms with E-state index in [0.29, 0.717) is 6.42 Å². The first-order valence-corrected chi connectivity index (χ1v) is 8.45. The molecule has 1 fully saturated rings. The fourth-order valence-corrected chi connectivity index (χ4v) is 2.68. The van der Waals surface area contributed by atoms with Crippen molar-refractivity contribution < 1.29 is 9.53 Å². The summed E-state index contributed by atoms with van der Waals surface area (Å²) in [5, 5.41) is 0. The van der Waals surface area contributed by atoms with E-state index in [1.54, 1.807) is 0 Å². The van der Waals surface area contributed by atoms with Crippen molar-refractivity contribution in [3.8, 4) is 0 Å². The van der Waals surface area contributed by atoms with Crippen molar-refractivity contribution in [3.63, 3.8) is 0 Å². The molecule has 20 heavy (non-hydrogen) atoms. The SMILES string of the molecule is CCCCCCCCCCCC(=O)OC1C[CH]N(C)C1. The molecule has 1 atom stereocenters. The van der Waals surface area contributed by atoms with Crippen molar-refractivity contribution in [1.29, 1.82) is 0 Å². The average molecular weight is 282 g/mol. The number of carbonyl (C=O) groups excluding carboxylic acids is 1. The number of hydrogen-bond donors (Lipinski definition) is 0. The summed E-state index contributed by atoms with van der Waals surface area (Å²) in [6.07, 6.45) is 13.1. The Bertz CT molecular complexity index is 255. The third-order valence-corrected chi connectivity index (χ3v) is 3.95. The molecule has 1 radical (unpaired) electrons. The first kappa shape index (κ1) is 17.5. The summed E-state index contributed by atoms with van der Waals surface area (Å²) in [5.41, 5.74) is 0. The van der Waals surface area contributed by atoms with Crippen LogP contribution in [0.3, 0.4) is 0 Å². The molecule has 3 heteroatoms. The van der Waals surface area contributed by atoms with Gasteiger partial charge < -0.3 is 4.74 Å². The summed E-state index contributed by atoms with van der Waals surface area (Å²) in [6, 6.07) is 0. The van der Waals surface area contributed by atoms with Gasteiger partial charge in [-0.2, -0.15) is 0 Å². The van der Waals surface area contributed by atoms with E-state index < -0.39 is 0 Å². The van der Waals surface area contributed by atoms with Gasteiger partial charge in [0.05, 0.1) is 0 Å². The Morgan fingerprint density at radius 1 is 1.10 bits per heavy atom. The van der Waals surface area contributed by atoms with Crippen LogP contribution in [0.4, 0.5) is 0 Å². The molecule has 1 aliphatic rings. The third-order valence-electron chi connectivity index (χ3n) is 3.95. The Balaban J connectivity index is 1.84. The molecular weight excluding hydrogens is 250 g/mol. The predicted molar refractivity (Wildman–Crippen MR) is 83.3 cm³/mol. The first-order valence-electron chi connectivity index (χ1n) is 8.45. The van der Waals surface area contributed by atoms with Crippen LogP contribution in [0.1, 0.15) is 77.6 Å². The van der Waals surface area contributed by atoms with E-state index in [4.69, 9.17) is 4.74 Å². The lowest BCUT2D eigenvalue weighted by atomic mass is 10.1. The molecule has 0 spiro atoms. The standard InChI is InChI=1S/C17H32NO2/c1-3-4-5-6-7-8-9-10-11-12-17(19)20-16-13-14-18(2)15-16/h14,16H,3-13,15H2,1-2H3. The highest BCUT2D eigenvalue weighted by atomic mass is 16.5. The molecule has 1 unspecified atom stereocenters. The van der Waals surface area contributed by atoms with Gasteiger partial charge in [0.15, 0.2) is 0 Å². The second kappa shape index (κ2) is 11.1. The van der Waals surface area contributed by atoms with Crippen molar-refractivity contribution in [2.45, 2.75) is 83.7 Å². The molecule has 0 amide bonds. The molecule has 0 N–H and O–H groups in total. The normalized spacial score (nSPS) is 19.4. The van der Waals surface area contributed by atoms with Crippen molar-refractivity contribution in [2.24, 2.45) is 0 Å². The lowest BCUT2D eigenvalue weighted by Crippen LogP contribution is -2.21. The third kappa shape index (κ3) is 8.57. The van der Waals surface area contributed by atoms with E-state index in [9.17, 15) is 4.79 Å². The van der Waals surface area contributed by atoms with Gasteiger partial charge in [0, 0.05) is 25.9 Å². The lowest BCUT2D eigenvalue weighted by Gasteiger charge is -2.12. The maximum absolute atomic E-state index is 11.7. The number of carbonyl (C=O) groups is 1. The van der Waals surface area contributed by atoms with Crippen LogP contribution in [0.5, 0.6) is 0 Å². The van der Waals surface area contributed by atoms with Gasteiger partial charge in [-0.15, -0.1) is 0 Å². The van der Waals surface area contributed by atoms with Crippen LogP contribution in [0.25, 0.3) is 0 Å². The Labute approximate surface area is 125 Å². The zero-order chi connectivity index (χ0) is 14.6. The highest BCUT2D eigenvalue weighted by molar-refractivity contribution is 5.69. The smallest absolute Gasteiger partial charge is 0.306 e. The quantitative estimate of drug-likeness (QED) is 0.417. The number of ether oxygens (including phenoxy) is 1. The minimum Gasteiger partial charge on any atom is -0.461 e. The monoisotopic (exact) mass is 282 g/mol. The summed E-state index contributed by atoms with van der Waals surface area (Å²) in [7, 11) is 2.02. The predicted octanol–water partition coefficient (Wildman–Crippen LogP) is 4.32. The van der Waals surface area contributed by atoms with Crippen LogP contribution in [0.2, 0.25) is 0 Å². The molecule has 1 aliphatic heterocycles. The molecule has 3 nitrogen and oxygen atoms in total. The van der Waals surface area contributed by atoms with Gasteiger partial charge in [-0.25, -0.2) is 0 Å². The molecule has 1 heterocycles. The van der Waals surface area contributed by atoms with Gasteiger partial charge in [0.1, 0.15) is 6.10 Å². The van der Waals surface area contributed by atoms with Gasteiger partial charge >= 0.3 is 5.97 Å². The molecule has 0 aliphatic carbocycles. The van der Waals surface area contributed by atoms with Crippen LogP contribution < -0.4 is 0 Å². The van der Waals surface area contributed by atoms with Gasteiger partial charge in [-0.3, -0.25) is 9.69 Å². The van der Waals surface area contributed by atoms with E-state index in [-0.39, 0.29) is 12.1 Å². The van der Waals surface area contributed by atoms with Gasteiger partial charge in [0.25, 0.3) is 0 Å².